The van der Waals surface area contributed by atoms with Gasteiger partial charge in [0.15, 0.2) is 5.79 Å². The van der Waals surface area contributed by atoms with Gasteiger partial charge in [-0.05, 0) is 18.6 Å². The Hall–Kier alpha value is -2.96. The lowest BCUT2D eigenvalue weighted by molar-refractivity contribution is -0.181. The van der Waals surface area contributed by atoms with Crippen LogP contribution in [0.25, 0.3) is 10.9 Å². The molecule has 31 heavy (non-hydrogen) atoms. The first kappa shape index (κ1) is 20.0. The summed E-state index contributed by atoms with van der Waals surface area (Å²) in [7, 11) is 0. The number of para-hydroxylation sites is 1. The molecule has 3 heterocycles. The van der Waals surface area contributed by atoms with Gasteiger partial charge in [0.25, 0.3) is 11.5 Å². The number of carbonyl (C=O) groups is 1. The van der Waals surface area contributed by atoms with Gasteiger partial charge in [-0.25, -0.2) is 0 Å². The van der Waals surface area contributed by atoms with Crippen LogP contribution in [0.4, 0.5) is 0 Å². The molecule has 2 aliphatic heterocycles. The maximum atomic E-state index is 13.4. The van der Waals surface area contributed by atoms with Gasteiger partial charge in [0, 0.05) is 37.4 Å². The van der Waals surface area contributed by atoms with Crippen molar-refractivity contribution in [1.82, 2.24) is 9.47 Å². The van der Waals surface area contributed by atoms with Crippen LogP contribution in [0.2, 0.25) is 0 Å². The minimum absolute atomic E-state index is 0.108. The smallest absolute Gasteiger partial charge is 0.254 e. The molecular weight excluding hydrogens is 392 g/mol. The van der Waals surface area contributed by atoms with Crippen molar-refractivity contribution < 1.29 is 14.3 Å². The summed E-state index contributed by atoms with van der Waals surface area (Å²) in [6, 6.07) is 17.3. The van der Waals surface area contributed by atoms with E-state index in [1.807, 2.05) is 60.4 Å². The number of hydrogen-bond acceptors (Lipinski definition) is 4. The molecule has 0 aliphatic carbocycles. The Morgan fingerprint density at radius 2 is 1.68 bits per heavy atom. The third-order valence-electron chi connectivity index (χ3n) is 6.34. The van der Waals surface area contributed by atoms with Crippen LogP contribution in [0.5, 0.6) is 0 Å². The first-order valence-electron chi connectivity index (χ1n) is 10.8. The summed E-state index contributed by atoms with van der Waals surface area (Å²) in [5, 5.41) is 0.799. The standard InChI is InChI=1S/C25H26N2O4/c1-18-6-8-19(9-7-18)17-27-22-5-3-2-4-20(22)21(16-23(27)28)24(29)26-12-10-25(11-13-26)30-14-15-31-25/h2-9,16H,10-15,17H2,1H3. The van der Waals surface area contributed by atoms with Crippen molar-refractivity contribution in [2.45, 2.75) is 32.1 Å². The molecule has 160 valence electrons. The molecule has 2 fully saturated rings. The number of aromatic nitrogens is 1. The second-order valence-electron chi connectivity index (χ2n) is 8.38. The third kappa shape index (κ3) is 3.77. The van der Waals surface area contributed by atoms with Crippen LogP contribution in [0.1, 0.15) is 34.3 Å². The van der Waals surface area contributed by atoms with Crippen LogP contribution in [-0.4, -0.2) is 47.5 Å². The Morgan fingerprint density at radius 3 is 2.39 bits per heavy atom. The first-order chi connectivity index (χ1) is 15.0. The Labute approximate surface area is 181 Å². The molecule has 0 unspecified atom stereocenters. The van der Waals surface area contributed by atoms with Crippen molar-refractivity contribution in [3.63, 3.8) is 0 Å². The number of aryl methyl sites for hydroxylation is 1. The highest BCUT2D eigenvalue weighted by atomic mass is 16.7. The summed E-state index contributed by atoms with van der Waals surface area (Å²) in [4.78, 5) is 28.2. The van der Waals surface area contributed by atoms with Crippen molar-refractivity contribution in [2.24, 2.45) is 0 Å². The Morgan fingerprint density at radius 1 is 1.00 bits per heavy atom. The van der Waals surface area contributed by atoms with Gasteiger partial charge in [0.1, 0.15) is 0 Å². The second-order valence-corrected chi connectivity index (χ2v) is 8.38. The average molecular weight is 418 g/mol. The summed E-state index contributed by atoms with van der Waals surface area (Å²) in [6.07, 6.45) is 1.31. The summed E-state index contributed by atoms with van der Waals surface area (Å²) < 4.78 is 13.3. The van der Waals surface area contributed by atoms with Crippen LogP contribution in [0.3, 0.4) is 0 Å². The lowest BCUT2D eigenvalue weighted by atomic mass is 10.0. The molecule has 2 aliphatic rings. The second kappa shape index (κ2) is 7.94. The van der Waals surface area contributed by atoms with Crippen molar-refractivity contribution in [2.75, 3.05) is 26.3 Å². The number of ether oxygens (including phenoxy) is 2. The van der Waals surface area contributed by atoms with Gasteiger partial charge < -0.3 is 18.9 Å². The van der Waals surface area contributed by atoms with Crippen molar-refractivity contribution in [3.8, 4) is 0 Å². The normalized spacial score (nSPS) is 18.0. The highest BCUT2D eigenvalue weighted by molar-refractivity contribution is 6.06. The number of carbonyl (C=O) groups excluding carboxylic acids is 1. The lowest BCUT2D eigenvalue weighted by Crippen LogP contribution is -2.47. The van der Waals surface area contributed by atoms with Gasteiger partial charge in [-0.15, -0.1) is 0 Å². The highest BCUT2D eigenvalue weighted by Gasteiger charge is 2.41. The number of nitrogens with zero attached hydrogens (tertiary/aromatic N) is 2. The van der Waals surface area contributed by atoms with E-state index in [9.17, 15) is 9.59 Å². The molecule has 0 bridgehead atoms. The van der Waals surface area contributed by atoms with E-state index in [0.29, 0.717) is 51.3 Å². The fourth-order valence-electron chi connectivity index (χ4n) is 4.56. The van der Waals surface area contributed by atoms with E-state index in [1.54, 1.807) is 4.57 Å². The molecule has 5 rings (SSSR count). The maximum absolute atomic E-state index is 13.4. The van der Waals surface area contributed by atoms with Crippen LogP contribution < -0.4 is 5.56 Å². The zero-order valence-electron chi connectivity index (χ0n) is 17.7. The number of piperidine rings is 1. The number of fused-ring (bicyclic) bond motifs is 1. The van der Waals surface area contributed by atoms with E-state index in [0.717, 1.165) is 16.5 Å². The minimum Gasteiger partial charge on any atom is -0.347 e. The minimum atomic E-state index is -0.531. The molecule has 6 heteroatoms. The summed E-state index contributed by atoms with van der Waals surface area (Å²) in [6.45, 7) is 4.84. The monoisotopic (exact) mass is 418 g/mol. The molecule has 6 nitrogen and oxygen atoms in total. The van der Waals surface area contributed by atoms with Gasteiger partial charge in [0.2, 0.25) is 0 Å². The predicted molar refractivity (Wildman–Crippen MR) is 118 cm³/mol. The summed E-state index contributed by atoms with van der Waals surface area (Å²) >= 11 is 0. The first-order valence-corrected chi connectivity index (χ1v) is 10.8. The largest absolute Gasteiger partial charge is 0.347 e. The van der Waals surface area contributed by atoms with Crippen molar-refractivity contribution in [3.05, 3.63) is 81.6 Å². The lowest BCUT2D eigenvalue weighted by Gasteiger charge is -2.37. The fourth-order valence-corrected chi connectivity index (χ4v) is 4.56. The van der Waals surface area contributed by atoms with Gasteiger partial charge in [-0.1, -0.05) is 48.0 Å². The van der Waals surface area contributed by atoms with Gasteiger partial charge >= 0.3 is 0 Å². The van der Waals surface area contributed by atoms with Crippen LogP contribution in [0.15, 0.2) is 59.4 Å². The summed E-state index contributed by atoms with van der Waals surface area (Å²) in [5.74, 6) is -0.639. The molecule has 0 N–H and O–H groups in total. The quantitative estimate of drug-likeness (QED) is 0.655. The van der Waals surface area contributed by atoms with E-state index in [4.69, 9.17) is 9.47 Å². The van der Waals surface area contributed by atoms with Crippen LogP contribution in [-0.2, 0) is 16.0 Å². The molecule has 1 spiro atoms. The molecule has 3 aromatic rings. The molecular formula is C25H26N2O4. The number of pyridine rings is 1. The molecule has 0 atom stereocenters. The molecule has 2 aromatic carbocycles. The Balaban J connectivity index is 1.46. The molecule has 0 radical (unpaired) electrons. The van der Waals surface area contributed by atoms with E-state index in [-0.39, 0.29) is 11.5 Å². The van der Waals surface area contributed by atoms with E-state index < -0.39 is 5.79 Å². The fraction of sp³-hybridized carbons (Fsp3) is 0.360. The Bertz CT molecular complexity index is 1170. The number of hydrogen-bond donors (Lipinski definition) is 0. The molecule has 0 saturated carbocycles. The molecule has 1 amide bonds. The topological polar surface area (TPSA) is 60.8 Å². The predicted octanol–water partition coefficient (Wildman–Crippen LogP) is 3.34. The highest BCUT2D eigenvalue weighted by Crippen LogP contribution is 2.32. The number of amides is 1. The van der Waals surface area contributed by atoms with E-state index in [2.05, 4.69) is 0 Å². The van der Waals surface area contributed by atoms with Gasteiger partial charge in [-0.2, -0.15) is 0 Å². The zero-order valence-corrected chi connectivity index (χ0v) is 17.7. The Kier molecular flexibility index (Phi) is 5.12. The van der Waals surface area contributed by atoms with E-state index >= 15 is 0 Å². The summed E-state index contributed by atoms with van der Waals surface area (Å²) in [5.41, 5.74) is 3.30. The van der Waals surface area contributed by atoms with Crippen LogP contribution in [0, 0.1) is 6.92 Å². The molecule has 1 aromatic heterocycles. The number of benzene rings is 2. The van der Waals surface area contributed by atoms with Crippen molar-refractivity contribution >= 4 is 16.8 Å². The number of rotatable bonds is 3. The van der Waals surface area contributed by atoms with Crippen molar-refractivity contribution in [1.29, 1.82) is 0 Å². The molecule has 2 saturated heterocycles. The maximum Gasteiger partial charge on any atom is 0.254 e. The van der Waals surface area contributed by atoms with E-state index in [1.165, 1.54) is 11.6 Å². The van der Waals surface area contributed by atoms with Crippen LogP contribution >= 0.6 is 0 Å². The van der Waals surface area contributed by atoms with Gasteiger partial charge in [-0.3, -0.25) is 9.59 Å². The zero-order chi connectivity index (χ0) is 21.4. The van der Waals surface area contributed by atoms with Gasteiger partial charge in [0.05, 0.1) is 30.8 Å². The average Bonchev–Trinajstić information content (AvgIpc) is 3.25. The third-order valence-corrected chi connectivity index (χ3v) is 6.34. The SMILES string of the molecule is Cc1ccc(Cn2c(=O)cc(C(=O)N3CCC4(CC3)OCCO4)c3ccccc32)cc1. The number of likely N-dealkylation sites (tertiary alicyclic amines) is 1.